The van der Waals surface area contributed by atoms with E-state index >= 15 is 0 Å². The van der Waals surface area contributed by atoms with Gasteiger partial charge in [-0.15, -0.1) is 0 Å². The molecule has 8 nitrogen and oxygen atoms in total. The molecular formula is C18H31N5O3. The van der Waals surface area contributed by atoms with Gasteiger partial charge in [0.25, 0.3) is 0 Å². The van der Waals surface area contributed by atoms with Crippen molar-refractivity contribution in [1.29, 1.82) is 0 Å². The summed E-state index contributed by atoms with van der Waals surface area (Å²) >= 11 is 0. The largest absolute Gasteiger partial charge is 0.466 e. The van der Waals surface area contributed by atoms with E-state index in [0.29, 0.717) is 36.9 Å². The highest BCUT2D eigenvalue weighted by atomic mass is 16.5. The number of aliphatic imine (C=N–C) groups is 1. The van der Waals surface area contributed by atoms with Crippen LogP contribution >= 0.6 is 0 Å². The van der Waals surface area contributed by atoms with Crippen LogP contribution in [0, 0.1) is 5.92 Å². The summed E-state index contributed by atoms with van der Waals surface area (Å²) in [5.74, 6) is 1.88. The van der Waals surface area contributed by atoms with Crippen molar-refractivity contribution in [2.75, 3.05) is 13.7 Å². The maximum Gasteiger partial charge on any atom is 0.308 e. The molecule has 1 aromatic heterocycles. The third kappa shape index (κ3) is 5.71. The van der Waals surface area contributed by atoms with Crippen molar-refractivity contribution < 1.29 is 14.1 Å². The third-order valence-corrected chi connectivity index (χ3v) is 4.44. The van der Waals surface area contributed by atoms with E-state index in [-0.39, 0.29) is 17.3 Å². The highest BCUT2D eigenvalue weighted by molar-refractivity contribution is 5.80. The molecule has 1 aliphatic rings. The molecule has 1 aromatic rings. The number of carbonyl (C=O) groups excluding carboxylic acids is 1. The number of rotatable bonds is 5. The number of hydrogen-bond acceptors (Lipinski definition) is 6. The minimum absolute atomic E-state index is 0.0260. The molecule has 1 fully saturated rings. The second-order valence-corrected chi connectivity index (χ2v) is 7.64. The lowest BCUT2D eigenvalue weighted by molar-refractivity contribution is -0.149. The molecule has 146 valence electrons. The Morgan fingerprint density at radius 2 is 2.00 bits per heavy atom. The van der Waals surface area contributed by atoms with Crippen LogP contribution in [-0.4, -0.2) is 41.8 Å². The van der Waals surface area contributed by atoms with E-state index in [1.807, 2.05) is 27.7 Å². The molecule has 1 heterocycles. The molecule has 0 radical (unpaired) electrons. The highest BCUT2D eigenvalue weighted by Gasteiger charge is 2.27. The predicted octanol–water partition coefficient (Wildman–Crippen LogP) is 2.15. The van der Waals surface area contributed by atoms with Crippen molar-refractivity contribution in [2.24, 2.45) is 10.9 Å². The van der Waals surface area contributed by atoms with Crippen LogP contribution in [0.15, 0.2) is 9.52 Å². The zero-order valence-electron chi connectivity index (χ0n) is 16.5. The zero-order chi connectivity index (χ0) is 19.2. The van der Waals surface area contributed by atoms with Crippen LogP contribution in [0.3, 0.4) is 0 Å². The van der Waals surface area contributed by atoms with Gasteiger partial charge in [0.05, 0.1) is 19.1 Å². The Kier molecular flexibility index (Phi) is 6.99. The van der Waals surface area contributed by atoms with Gasteiger partial charge in [-0.05, 0) is 32.6 Å². The number of ether oxygens (including phenoxy) is 1. The van der Waals surface area contributed by atoms with Gasteiger partial charge in [0.2, 0.25) is 5.89 Å². The summed E-state index contributed by atoms with van der Waals surface area (Å²) in [4.78, 5) is 20.5. The average Bonchev–Trinajstić information content (AvgIpc) is 3.08. The molecule has 0 amide bonds. The first-order valence-electron chi connectivity index (χ1n) is 9.30. The van der Waals surface area contributed by atoms with Crippen molar-refractivity contribution in [1.82, 2.24) is 20.8 Å². The fourth-order valence-electron chi connectivity index (χ4n) is 2.91. The second kappa shape index (κ2) is 9.00. The van der Waals surface area contributed by atoms with E-state index in [2.05, 4.69) is 25.8 Å². The smallest absolute Gasteiger partial charge is 0.308 e. The summed E-state index contributed by atoms with van der Waals surface area (Å²) in [6, 6.07) is 0.294. The Balaban J connectivity index is 1.78. The van der Waals surface area contributed by atoms with Crippen LogP contribution in [0.1, 0.15) is 65.1 Å². The Bertz CT molecular complexity index is 613. The number of esters is 1. The number of aromatic nitrogens is 2. The lowest BCUT2D eigenvalue weighted by Crippen LogP contribution is -2.45. The average molecular weight is 365 g/mol. The molecule has 1 aliphatic carbocycles. The van der Waals surface area contributed by atoms with Gasteiger partial charge in [-0.3, -0.25) is 9.79 Å². The Hall–Kier alpha value is -2.12. The molecule has 0 aromatic carbocycles. The number of hydrogen-bond donors (Lipinski definition) is 2. The Labute approximate surface area is 155 Å². The highest BCUT2D eigenvalue weighted by Crippen LogP contribution is 2.25. The molecule has 1 saturated carbocycles. The van der Waals surface area contributed by atoms with E-state index < -0.39 is 0 Å². The fourth-order valence-corrected chi connectivity index (χ4v) is 2.91. The zero-order valence-corrected chi connectivity index (χ0v) is 16.5. The summed E-state index contributed by atoms with van der Waals surface area (Å²) in [6.45, 7) is 8.83. The first-order valence-corrected chi connectivity index (χ1v) is 9.30. The van der Waals surface area contributed by atoms with Gasteiger partial charge in [0.15, 0.2) is 11.8 Å². The SMILES string of the molecule is CCOC(=O)C1CCC(NC(=NC)NCc2noc(C(C)(C)C)n2)CC1. The van der Waals surface area contributed by atoms with Crippen molar-refractivity contribution >= 4 is 11.9 Å². The molecule has 0 aliphatic heterocycles. The molecule has 26 heavy (non-hydrogen) atoms. The minimum Gasteiger partial charge on any atom is -0.466 e. The van der Waals surface area contributed by atoms with Gasteiger partial charge in [0, 0.05) is 18.5 Å². The number of nitrogens with zero attached hydrogens (tertiary/aromatic N) is 3. The molecule has 0 atom stereocenters. The van der Waals surface area contributed by atoms with E-state index in [9.17, 15) is 4.79 Å². The van der Waals surface area contributed by atoms with E-state index in [0.717, 1.165) is 25.7 Å². The molecule has 8 heteroatoms. The van der Waals surface area contributed by atoms with Crippen LogP contribution in [0.4, 0.5) is 0 Å². The Morgan fingerprint density at radius 3 is 2.54 bits per heavy atom. The van der Waals surface area contributed by atoms with E-state index in [1.165, 1.54) is 0 Å². The molecular weight excluding hydrogens is 334 g/mol. The van der Waals surface area contributed by atoms with Crippen molar-refractivity contribution in [3.63, 3.8) is 0 Å². The van der Waals surface area contributed by atoms with Crippen LogP contribution in [0.25, 0.3) is 0 Å². The Morgan fingerprint density at radius 1 is 1.31 bits per heavy atom. The quantitative estimate of drug-likeness (QED) is 0.468. The fraction of sp³-hybridized carbons (Fsp3) is 0.778. The minimum atomic E-state index is -0.164. The van der Waals surface area contributed by atoms with Gasteiger partial charge in [-0.1, -0.05) is 25.9 Å². The van der Waals surface area contributed by atoms with Gasteiger partial charge in [0.1, 0.15) is 0 Å². The van der Waals surface area contributed by atoms with Crippen molar-refractivity contribution in [3.05, 3.63) is 11.7 Å². The number of guanidine groups is 1. The summed E-state index contributed by atoms with van der Waals surface area (Å²) in [7, 11) is 1.73. The van der Waals surface area contributed by atoms with E-state index in [1.54, 1.807) is 7.05 Å². The van der Waals surface area contributed by atoms with Crippen molar-refractivity contribution in [2.45, 2.75) is 71.4 Å². The second-order valence-electron chi connectivity index (χ2n) is 7.64. The predicted molar refractivity (Wildman–Crippen MR) is 98.7 cm³/mol. The maximum atomic E-state index is 11.8. The maximum absolute atomic E-state index is 11.8. The summed E-state index contributed by atoms with van der Waals surface area (Å²) < 4.78 is 10.4. The lowest BCUT2D eigenvalue weighted by atomic mass is 9.86. The molecule has 2 N–H and O–H groups in total. The number of nitrogens with one attached hydrogen (secondary N) is 2. The van der Waals surface area contributed by atoms with Crippen LogP contribution in [-0.2, 0) is 21.5 Å². The summed E-state index contributed by atoms with van der Waals surface area (Å²) in [5, 5.41) is 10.6. The van der Waals surface area contributed by atoms with Gasteiger partial charge >= 0.3 is 5.97 Å². The summed E-state index contributed by atoms with van der Waals surface area (Å²) in [6.07, 6.45) is 3.52. The van der Waals surface area contributed by atoms with Crippen LogP contribution in [0.5, 0.6) is 0 Å². The standard InChI is InChI=1S/C18H31N5O3/c1-6-25-15(24)12-7-9-13(10-8-12)21-17(19-5)20-11-14-22-16(26-23-14)18(2,3)4/h12-13H,6-11H2,1-5H3,(H2,19,20,21). The van der Waals surface area contributed by atoms with Gasteiger partial charge in [-0.2, -0.15) is 4.98 Å². The van der Waals surface area contributed by atoms with Crippen LogP contribution in [0.2, 0.25) is 0 Å². The van der Waals surface area contributed by atoms with Crippen LogP contribution < -0.4 is 10.6 Å². The molecule has 2 rings (SSSR count). The van der Waals surface area contributed by atoms with Crippen molar-refractivity contribution in [3.8, 4) is 0 Å². The first kappa shape index (κ1) is 20.2. The first-order chi connectivity index (χ1) is 12.3. The molecule has 0 saturated heterocycles. The summed E-state index contributed by atoms with van der Waals surface area (Å²) in [5.41, 5.74) is -0.164. The monoisotopic (exact) mass is 365 g/mol. The normalized spacial score (nSPS) is 21.3. The number of carbonyl (C=O) groups is 1. The van der Waals surface area contributed by atoms with Gasteiger partial charge < -0.3 is 19.9 Å². The third-order valence-electron chi connectivity index (χ3n) is 4.44. The lowest BCUT2D eigenvalue weighted by Gasteiger charge is -2.28. The molecule has 0 bridgehead atoms. The van der Waals surface area contributed by atoms with E-state index in [4.69, 9.17) is 9.26 Å². The molecule has 0 unspecified atom stereocenters. The van der Waals surface area contributed by atoms with Gasteiger partial charge in [-0.25, -0.2) is 0 Å². The molecule has 0 spiro atoms. The topological polar surface area (TPSA) is 102 Å².